The Morgan fingerprint density at radius 3 is 2.66 bits per heavy atom. The van der Waals surface area contributed by atoms with Crippen LogP contribution in [0.5, 0.6) is 5.75 Å². The number of aromatic nitrogens is 4. The number of alkyl halides is 6. The lowest BCUT2D eigenvalue weighted by atomic mass is 10.1. The number of benzene rings is 1. The molecule has 0 spiro atoms. The quantitative estimate of drug-likeness (QED) is 0.471. The smallest absolute Gasteiger partial charge is 0.405 e. The van der Waals surface area contributed by atoms with Crippen LogP contribution in [0.2, 0.25) is 0 Å². The molecule has 4 rings (SSSR count). The van der Waals surface area contributed by atoms with Gasteiger partial charge in [-0.25, -0.2) is 4.68 Å². The first-order valence-corrected chi connectivity index (χ1v) is 10.5. The van der Waals surface area contributed by atoms with Gasteiger partial charge in [-0.2, -0.15) is 23.4 Å². The van der Waals surface area contributed by atoms with Crippen molar-refractivity contribution in [2.45, 2.75) is 44.6 Å². The van der Waals surface area contributed by atoms with Crippen LogP contribution in [-0.2, 0) is 17.5 Å². The summed E-state index contributed by atoms with van der Waals surface area (Å²) in [4.78, 5) is 12.6. The highest BCUT2D eigenvalue weighted by atomic mass is 19.4. The molecule has 14 heteroatoms. The van der Waals surface area contributed by atoms with Crippen molar-refractivity contribution >= 4 is 5.91 Å². The van der Waals surface area contributed by atoms with Gasteiger partial charge in [0.25, 0.3) is 5.91 Å². The van der Waals surface area contributed by atoms with Crippen LogP contribution in [0, 0.1) is 0 Å². The number of para-hydroxylation sites is 1. The summed E-state index contributed by atoms with van der Waals surface area (Å²) in [6.45, 7) is 0.134. The summed E-state index contributed by atoms with van der Waals surface area (Å²) in [6, 6.07) is 6.13. The summed E-state index contributed by atoms with van der Waals surface area (Å²) in [5, 5.41) is 12.3. The largest absolute Gasteiger partial charge is 0.573 e. The van der Waals surface area contributed by atoms with Gasteiger partial charge in [0, 0.05) is 12.8 Å². The van der Waals surface area contributed by atoms with Crippen molar-refractivity contribution in [1.29, 1.82) is 0 Å². The number of halogens is 6. The minimum absolute atomic E-state index is 0.0722. The number of H-pyrrole nitrogens is 1. The molecule has 2 aromatic heterocycles. The van der Waals surface area contributed by atoms with E-state index in [1.54, 1.807) is 0 Å². The van der Waals surface area contributed by atoms with E-state index in [-0.39, 0.29) is 29.1 Å². The number of hydrogen-bond donors (Lipinski definition) is 2. The predicted octanol–water partition coefficient (Wildman–Crippen LogP) is 4.82. The van der Waals surface area contributed by atoms with Gasteiger partial charge in [0.05, 0.1) is 29.1 Å². The number of rotatable bonds is 6. The van der Waals surface area contributed by atoms with E-state index in [4.69, 9.17) is 4.74 Å². The van der Waals surface area contributed by atoms with Gasteiger partial charge < -0.3 is 14.8 Å². The Bertz CT molecular complexity index is 1180. The average molecular weight is 503 g/mol. The number of ether oxygens (including phenoxy) is 2. The first kappa shape index (κ1) is 24.6. The number of amides is 1. The van der Waals surface area contributed by atoms with E-state index >= 15 is 0 Å². The molecule has 1 atom stereocenters. The highest BCUT2D eigenvalue weighted by Gasteiger charge is 2.38. The molecule has 0 bridgehead atoms. The lowest BCUT2D eigenvalue weighted by molar-refractivity contribution is -0.274. The molecule has 1 aromatic carbocycles. The van der Waals surface area contributed by atoms with Crippen molar-refractivity contribution in [2.24, 2.45) is 0 Å². The van der Waals surface area contributed by atoms with Crippen LogP contribution in [0.1, 0.15) is 47.2 Å². The van der Waals surface area contributed by atoms with Gasteiger partial charge in [-0.15, -0.1) is 13.2 Å². The third-order valence-electron chi connectivity index (χ3n) is 5.19. The first-order valence-electron chi connectivity index (χ1n) is 10.5. The van der Waals surface area contributed by atoms with E-state index < -0.39 is 36.1 Å². The summed E-state index contributed by atoms with van der Waals surface area (Å²) in [6.07, 6.45) is -7.16. The average Bonchev–Trinajstić information content (AvgIpc) is 3.44. The molecule has 188 valence electrons. The Morgan fingerprint density at radius 2 is 1.97 bits per heavy atom. The third-order valence-corrected chi connectivity index (χ3v) is 5.19. The van der Waals surface area contributed by atoms with Gasteiger partial charge >= 0.3 is 12.5 Å². The molecule has 0 saturated carbocycles. The molecule has 0 aliphatic carbocycles. The van der Waals surface area contributed by atoms with Crippen molar-refractivity contribution in [3.8, 4) is 17.0 Å². The number of nitrogens with zero attached hydrogens (tertiary/aromatic N) is 3. The van der Waals surface area contributed by atoms with E-state index in [9.17, 15) is 31.1 Å². The van der Waals surface area contributed by atoms with Crippen molar-refractivity contribution in [3.05, 3.63) is 53.5 Å². The zero-order chi connectivity index (χ0) is 25.2. The lowest BCUT2D eigenvalue weighted by Gasteiger charge is -2.24. The number of carbonyl (C=O) groups excluding carboxylic acids is 1. The molecule has 0 radical (unpaired) electrons. The summed E-state index contributed by atoms with van der Waals surface area (Å²) < 4.78 is 89.2. The molecule has 35 heavy (non-hydrogen) atoms. The van der Waals surface area contributed by atoms with E-state index in [2.05, 4.69) is 25.3 Å². The Balaban J connectivity index is 1.60. The van der Waals surface area contributed by atoms with Crippen molar-refractivity contribution in [2.75, 3.05) is 6.61 Å². The van der Waals surface area contributed by atoms with Crippen molar-refractivity contribution in [1.82, 2.24) is 25.3 Å². The molecule has 3 heterocycles. The van der Waals surface area contributed by atoms with Crippen molar-refractivity contribution in [3.63, 3.8) is 0 Å². The molecule has 1 fully saturated rings. The van der Waals surface area contributed by atoms with E-state index in [1.807, 2.05) is 0 Å². The SMILES string of the molecule is O=C(NCc1cc(-c2c[nH]nc2C(F)(F)F)n(C2CCCCO2)n1)c1ccccc1OC(F)(F)F. The van der Waals surface area contributed by atoms with Gasteiger partial charge in [0.15, 0.2) is 11.9 Å². The third kappa shape index (κ3) is 5.75. The minimum Gasteiger partial charge on any atom is -0.405 e. The summed E-state index contributed by atoms with van der Waals surface area (Å²) in [5.41, 5.74) is -1.51. The molecule has 1 unspecified atom stereocenters. The maximum atomic E-state index is 13.5. The second-order valence-electron chi connectivity index (χ2n) is 7.66. The van der Waals surface area contributed by atoms with Crippen LogP contribution in [0.25, 0.3) is 11.3 Å². The first-order chi connectivity index (χ1) is 16.5. The Hall–Kier alpha value is -3.55. The lowest BCUT2D eigenvalue weighted by Crippen LogP contribution is -2.26. The topological polar surface area (TPSA) is 94.1 Å². The molecule has 8 nitrogen and oxygen atoms in total. The summed E-state index contributed by atoms with van der Waals surface area (Å²) >= 11 is 0. The van der Waals surface area contributed by atoms with Gasteiger partial charge in [-0.1, -0.05) is 12.1 Å². The van der Waals surface area contributed by atoms with Gasteiger partial charge in [0.1, 0.15) is 5.75 Å². The predicted molar refractivity (Wildman–Crippen MR) is 108 cm³/mol. The van der Waals surface area contributed by atoms with E-state index in [0.717, 1.165) is 31.2 Å². The fourth-order valence-corrected chi connectivity index (χ4v) is 3.70. The fourth-order valence-electron chi connectivity index (χ4n) is 3.70. The Morgan fingerprint density at radius 1 is 1.20 bits per heavy atom. The monoisotopic (exact) mass is 503 g/mol. The van der Waals surface area contributed by atoms with E-state index in [0.29, 0.717) is 13.0 Å². The minimum atomic E-state index is -5.00. The van der Waals surface area contributed by atoms with Gasteiger partial charge in [0.2, 0.25) is 0 Å². The maximum absolute atomic E-state index is 13.5. The molecule has 1 aliphatic heterocycles. The molecular formula is C21H19F6N5O3. The molecule has 1 aliphatic rings. The molecule has 3 aromatic rings. The van der Waals surface area contributed by atoms with Gasteiger partial charge in [-0.05, 0) is 37.5 Å². The normalized spacial score (nSPS) is 16.8. The maximum Gasteiger partial charge on any atom is 0.573 e. The number of hydrogen-bond acceptors (Lipinski definition) is 5. The molecule has 1 saturated heterocycles. The van der Waals surface area contributed by atoms with Crippen LogP contribution in [-0.4, -0.2) is 38.9 Å². The molecular weight excluding hydrogens is 484 g/mol. The zero-order valence-corrected chi connectivity index (χ0v) is 17.9. The molecule has 1 amide bonds. The van der Waals surface area contributed by atoms with Crippen LogP contribution in [0.15, 0.2) is 36.5 Å². The zero-order valence-electron chi connectivity index (χ0n) is 17.9. The molecule has 2 N–H and O–H groups in total. The highest BCUT2D eigenvalue weighted by Crippen LogP contribution is 2.37. The second kappa shape index (κ2) is 9.60. The summed E-state index contributed by atoms with van der Waals surface area (Å²) in [5.74, 6) is -1.57. The van der Waals surface area contributed by atoms with E-state index in [1.165, 1.54) is 22.9 Å². The summed E-state index contributed by atoms with van der Waals surface area (Å²) in [7, 11) is 0. The Labute approximate surface area is 194 Å². The standard InChI is InChI=1S/C21H19F6N5O3/c22-20(23,24)18-14(11-29-30-18)15-9-12(31-32(15)17-7-3-4-8-34-17)10-28-19(33)13-5-1-2-6-16(13)35-21(25,26)27/h1-2,5-6,9,11,17H,3-4,7-8,10H2,(H,28,33)(H,29,30). The second-order valence-corrected chi connectivity index (χ2v) is 7.66. The van der Waals surface area contributed by atoms with Crippen LogP contribution in [0.3, 0.4) is 0 Å². The van der Waals surface area contributed by atoms with Crippen LogP contribution >= 0.6 is 0 Å². The highest BCUT2D eigenvalue weighted by molar-refractivity contribution is 5.96. The number of nitrogens with one attached hydrogen (secondary N) is 2. The Kier molecular flexibility index (Phi) is 6.74. The van der Waals surface area contributed by atoms with Crippen molar-refractivity contribution < 1.29 is 40.6 Å². The van der Waals surface area contributed by atoms with Crippen LogP contribution in [0.4, 0.5) is 26.3 Å². The van der Waals surface area contributed by atoms with Crippen LogP contribution < -0.4 is 10.1 Å². The van der Waals surface area contributed by atoms with Gasteiger partial charge in [-0.3, -0.25) is 9.89 Å². The number of aromatic amines is 1. The fraction of sp³-hybridized carbons (Fsp3) is 0.381. The number of carbonyl (C=O) groups is 1.